The highest BCUT2D eigenvalue weighted by atomic mass is 32.2. The summed E-state index contributed by atoms with van der Waals surface area (Å²) in [4.78, 5) is 13.7. The molecule has 0 spiro atoms. The topological polar surface area (TPSA) is 67.2 Å². The summed E-state index contributed by atoms with van der Waals surface area (Å²) >= 11 is 3.06. The number of nitrogens with one attached hydrogen (secondary N) is 2. The summed E-state index contributed by atoms with van der Waals surface area (Å²) in [7, 11) is 0. The first-order valence-electron chi connectivity index (χ1n) is 7.29. The van der Waals surface area contributed by atoms with Gasteiger partial charge in [0.1, 0.15) is 9.88 Å². The molecular weight excluding hydrogens is 302 g/mol. The molecule has 1 aliphatic rings. The molecule has 1 aliphatic carbocycles. The average molecular weight is 326 g/mol. The monoisotopic (exact) mass is 325 g/mol. The lowest BCUT2D eigenvalue weighted by Gasteiger charge is -2.23. The molecule has 0 bridgehead atoms. The van der Waals surface area contributed by atoms with Gasteiger partial charge in [-0.05, 0) is 19.1 Å². The van der Waals surface area contributed by atoms with Gasteiger partial charge in [-0.2, -0.15) is 0 Å². The minimum atomic E-state index is -0.121. The number of hydrogen-bond donors (Lipinski definition) is 3. The molecule has 0 aromatic carbocycles. The molecular formula is C15H23N3OS2. The van der Waals surface area contributed by atoms with Crippen molar-refractivity contribution in [2.75, 3.05) is 23.9 Å². The molecule has 1 aromatic heterocycles. The molecule has 4 nitrogen and oxygen atoms in total. The Balaban J connectivity index is 2.16. The van der Waals surface area contributed by atoms with Gasteiger partial charge in [0, 0.05) is 12.6 Å². The molecule has 4 N–H and O–H groups in total. The third kappa shape index (κ3) is 3.95. The lowest BCUT2D eigenvalue weighted by molar-refractivity contribution is 0.0963. The van der Waals surface area contributed by atoms with E-state index < -0.39 is 0 Å². The standard InChI is InChI=1S/C15H23N3OS2/c1-3-9-17-14(19)12-11(16)13(20-2)15(21-12)18-10-7-5-4-6-8-10/h3,10,18H,1,4-9,16H2,2H3,(H,17,19). The highest BCUT2D eigenvalue weighted by molar-refractivity contribution is 7.99. The first kappa shape index (κ1) is 16.2. The number of carbonyl (C=O) groups is 1. The summed E-state index contributed by atoms with van der Waals surface area (Å²) in [5, 5.41) is 7.42. The molecule has 6 heteroatoms. The third-order valence-corrected chi connectivity index (χ3v) is 5.75. The zero-order valence-electron chi connectivity index (χ0n) is 12.4. The molecule has 1 fully saturated rings. The van der Waals surface area contributed by atoms with Crippen molar-refractivity contribution in [1.82, 2.24) is 5.32 Å². The van der Waals surface area contributed by atoms with Crippen molar-refractivity contribution in [2.24, 2.45) is 0 Å². The molecule has 1 aromatic rings. The number of nitrogens with two attached hydrogens (primary N) is 1. The van der Waals surface area contributed by atoms with Crippen LogP contribution in [0.3, 0.4) is 0 Å². The van der Waals surface area contributed by atoms with Crippen LogP contribution in [0, 0.1) is 0 Å². The van der Waals surface area contributed by atoms with Gasteiger partial charge in [0.15, 0.2) is 0 Å². The molecule has 0 unspecified atom stereocenters. The maximum atomic E-state index is 12.1. The van der Waals surface area contributed by atoms with Gasteiger partial charge in [-0.25, -0.2) is 0 Å². The first-order chi connectivity index (χ1) is 10.2. The third-order valence-electron chi connectivity index (χ3n) is 3.66. The highest BCUT2D eigenvalue weighted by Gasteiger charge is 2.22. The van der Waals surface area contributed by atoms with Crippen LogP contribution < -0.4 is 16.4 Å². The number of anilines is 2. The van der Waals surface area contributed by atoms with Crippen molar-refractivity contribution < 1.29 is 4.79 Å². The molecule has 21 heavy (non-hydrogen) atoms. The quantitative estimate of drug-likeness (QED) is 0.551. The molecule has 0 saturated heterocycles. The van der Waals surface area contributed by atoms with Gasteiger partial charge in [0.2, 0.25) is 0 Å². The number of thiophene rings is 1. The van der Waals surface area contributed by atoms with Gasteiger partial charge >= 0.3 is 0 Å². The van der Waals surface area contributed by atoms with E-state index in [0.717, 1.165) is 9.90 Å². The Hall–Kier alpha value is -1.14. The largest absolute Gasteiger partial charge is 0.396 e. The smallest absolute Gasteiger partial charge is 0.263 e. The van der Waals surface area contributed by atoms with E-state index in [2.05, 4.69) is 17.2 Å². The van der Waals surface area contributed by atoms with Gasteiger partial charge in [0.05, 0.1) is 10.6 Å². The fraction of sp³-hybridized carbons (Fsp3) is 0.533. The second kappa shape index (κ2) is 7.75. The average Bonchev–Trinajstić information content (AvgIpc) is 2.81. The molecule has 1 amide bonds. The summed E-state index contributed by atoms with van der Waals surface area (Å²) in [6, 6.07) is 0.506. The molecule has 1 heterocycles. The zero-order valence-corrected chi connectivity index (χ0v) is 14.0. The normalized spacial score (nSPS) is 15.7. The van der Waals surface area contributed by atoms with E-state index in [9.17, 15) is 4.79 Å². The first-order valence-corrected chi connectivity index (χ1v) is 9.33. The molecule has 1 saturated carbocycles. The predicted octanol–water partition coefficient (Wildman–Crippen LogP) is 3.71. The highest BCUT2D eigenvalue weighted by Crippen LogP contribution is 2.42. The van der Waals surface area contributed by atoms with Crippen molar-refractivity contribution >= 4 is 39.7 Å². The number of carbonyl (C=O) groups excluding carboxylic acids is 1. The van der Waals surface area contributed by atoms with E-state index in [1.807, 2.05) is 6.26 Å². The number of amides is 1. The van der Waals surface area contributed by atoms with Crippen LogP contribution in [0.5, 0.6) is 0 Å². The SMILES string of the molecule is C=CCNC(=O)c1sc(NC2CCCCC2)c(SC)c1N. The molecule has 116 valence electrons. The van der Waals surface area contributed by atoms with E-state index >= 15 is 0 Å². The van der Waals surface area contributed by atoms with E-state index in [1.54, 1.807) is 17.8 Å². The summed E-state index contributed by atoms with van der Waals surface area (Å²) < 4.78 is 0. The molecule has 0 radical (unpaired) electrons. The minimum absolute atomic E-state index is 0.121. The Morgan fingerprint density at radius 1 is 1.48 bits per heavy atom. The van der Waals surface area contributed by atoms with Crippen LogP contribution in [0.15, 0.2) is 17.6 Å². The summed E-state index contributed by atoms with van der Waals surface area (Å²) in [5.74, 6) is -0.121. The fourth-order valence-electron chi connectivity index (χ4n) is 2.57. The Morgan fingerprint density at radius 2 is 2.19 bits per heavy atom. The van der Waals surface area contributed by atoms with Gasteiger partial charge in [-0.1, -0.05) is 25.3 Å². The Kier molecular flexibility index (Phi) is 5.99. The van der Waals surface area contributed by atoms with Crippen LogP contribution in [-0.4, -0.2) is 24.7 Å². The number of thioether (sulfide) groups is 1. The minimum Gasteiger partial charge on any atom is -0.396 e. The van der Waals surface area contributed by atoms with Crippen LogP contribution in [0.25, 0.3) is 0 Å². The van der Waals surface area contributed by atoms with Crippen molar-refractivity contribution in [3.05, 3.63) is 17.5 Å². The van der Waals surface area contributed by atoms with Crippen molar-refractivity contribution in [3.63, 3.8) is 0 Å². The fourth-order valence-corrected chi connectivity index (χ4v) is 4.59. The summed E-state index contributed by atoms with van der Waals surface area (Å²) in [5.41, 5.74) is 6.75. The van der Waals surface area contributed by atoms with E-state index in [4.69, 9.17) is 5.73 Å². The second-order valence-electron chi connectivity index (χ2n) is 5.19. The molecule has 2 rings (SSSR count). The zero-order chi connectivity index (χ0) is 15.2. The maximum absolute atomic E-state index is 12.1. The van der Waals surface area contributed by atoms with Crippen molar-refractivity contribution in [1.29, 1.82) is 0 Å². The van der Waals surface area contributed by atoms with Crippen LogP contribution in [0.4, 0.5) is 10.7 Å². The number of hydrogen-bond acceptors (Lipinski definition) is 5. The Labute approximate surface area is 134 Å². The van der Waals surface area contributed by atoms with Crippen molar-refractivity contribution in [2.45, 2.75) is 43.0 Å². The van der Waals surface area contributed by atoms with Crippen LogP contribution >= 0.6 is 23.1 Å². The predicted molar refractivity (Wildman–Crippen MR) is 93.5 cm³/mol. The van der Waals surface area contributed by atoms with Gasteiger partial charge in [-0.3, -0.25) is 4.79 Å². The summed E-state index contributed by atoms with van der Waals surface area (Å²) in [6.45, 7) is 4.06. The molecule has 0 aliphatic heterocycles. The number of rotatable bonds is 6. The second-order valence-corrected chi connectivity index (χ2v) is 7.02. The van der Waals surface area contributed by atoms with E-state index in [-0.39, 0.29) is 5.91 Å². The Bertz CT molecular complexity index is 507. The van der Waals surface area contributed by atoms with Crippen LogP contribution in [0.2, 0.25) is 0 Å². The van der Waals surface area contributed by atoms with E-state index in [1.165, 1.54) is 43.4 Å². The lowest BCUT2D eigenvalue weighted by Crippen LogP contribution is -2.23. The lowest BCUT2D eigenvalue weighted by atomic mass is 9.96. The Morgan fingerprint density at radius 3 is 2.81 bits per heavy atom. The van der Waals surface area contributed by atoms with Gasteiger partial charge in [-0.15, -0.1) is 29.7 Å². The maximum Gasteiger partial charge on any atom is 0.263 e. The van der Waals surface area contributed by atoms with Crippen molar-refractivity contribution in [3.8, 4) is 0 Å². The van der Waals surface area contributed by atoms with E-state index in [0.29, 0.717) is 23.2 Å². The van der Waals surface area contributed by atoms with Crippen LogP contribution in [0.1, 0.15) is 41.8 Å². The van der Waals surface area contributed by atoms with Crippen LogP contribution in [-0.2, 0) is 0 Å². The van der Waals surface area contributed by atoms with Gasteiger partial charge in [0.25, 0.3) is 5.91 Å². The van der Waals surface area contributed by atoms with Gasteiger partial charge < -0.3 is 16.4 Å². The summed E-state index contributed by atoms with van der Waals surface area (Å²) in [6.07, 6.45) is 9.94. The molecule has 0 atom stereocenters. The number of nitrogen functional groups attached to an aromatic ring is 1.